The molecule has 5 heteroatoms. The van der Waals surface area contributed by atoms with E-state index in [0.29, 0.717) is 0 Å². The van der Waals surface area contributed by atoms with Crippen molar-refractivity contribution >= 4 is 18.3 Å². The standard InChI is InChI=1S/C7H14N3PS/c1-5-7-6-9(3)11(12,8-2)10(7)4/h1,7H,6H2,2-4H3,(H,8,12). The maximum atomic E-state index is 5.51. The van der Waals surface area contributed by atoms with Gasteiger partial charge in [-0.15, -0.1) is 6.42 Å². The molecule has 0 aromatic carbocycles. The number of nitrogens with one attached hydrogen (secondary N) is 1. The van der Waals surface area contributed by atoms with E-state index in [4.69, 9.17) is 18.2 Å². The molecule has 2 unspecified atom stereocenters. The molecule has 0 amide bonds. The Morgan fingerprint density at radius 3 is 2.50 bits per heavy atom. The Morgan fingerprint density at radius 1 is 1.67 bits per heavy atom. The van der Waals surface area contributed by atoms with Crippen molar-refractivity contribution in [3.05, 3.63) is 0 Å². The summed E-state index contributed by atoms with van der Waals surface area (Å²) in [5, 5.41) is 3.19. The third-order valence-electron chi connectivity index (χ3n) is 2.26. The predicted octanol–water partition coefficient (Wildman–Crippen LogP) is 0.309. The van der Waals surface area contributed by atoms with Gasteiger partial charge in [0.1, 0.15) is 6.49 Å². The predicted molar refractivity (Wildman–Crippen MR) is 56.4 cm³/mol. The molecular weight excluding hydrogens is 189 g/mol. The lowest BCUT2D eigenvalue weighted by molar-refractivity contribution is 0.482. The van der Waals surface area contributed by atoms with Crippen molar-refractivity contribution < 1.29 is 0 Å². The fourth-order valence-electron chi connectivity index (χ4n) is 1.40. The molecule has 0 spiro atoms. The molecular formula is C7H14N3PS. The lowest BCUT2D eigenvalue weighted by Crippen LogP contribution is -2.25. The molecule has 1 aliphatic rings. The molecule has 12 heavy (non-hydrogen) atoms. The number of rotatable bonds is 1. The summed E-state index contributed by atoms with van der Waals surface area (Å²) in [6, 6.07) is 0.160. The van der Waals surface area contributed by atoms with Crippen molar-refractivity contribution in [3.8, 4) is 12.3 Å². The molecule has 3 nitrogen and oxygen atoms in total. The van der Waals surface area contributed by atoms with Gasteiger partial charge in [-0.05, 0) is 32.9 Å². The van der Waals surface area contributed by atoms with Crippen LogP contribution in [0.2, 0.25) is 0 Å². The first-order chi connectivity index (χ1) is 5.56. The van der Waals surface area contributed by atoms with Gasteiger partial charge in [0.2, 0.25) is 0 Å². The summed E-state index contributed by atoms with van der Waals surface area (Å²) in [6.07, 6.45) is 5.39. The molecule has 0 aromatic rings. The zero-order valence-corrected chi connectivity index (χ0v) is 9.32. The third-order valence-corrected chi connectivity index (χ3v) is 7.22. The molecule has 0 radical (unpaired) electrons. The van der Waals surface area contributed by atoms with Gasteiger partial charge in [-0.2, -0.15) is 0 Å². The Morgan fingerprint density at radius 2 is 2.25 bits per heavy atom. The first kappa shape index (κ1) is 10.2. The van der Waals surface area contributed by atoms with Gasteiger partial charge < -0.3 is 0 Å². The summed E-state index contributed by atoms with van der Waals surface area (Å²) in [5.41, 5.74) is 0. The molecule has 1 fully saturated rings. The molecule has 68 valence electrons. The fourth-order valence-corrected chi connectivity index (χ4v) is 3.97. The SMILES string of the molecule is C#CC1CN(C)P(=S)(NC)N1C. The number of likely N-dealkylation sites (N-methyl/N-ethyl adjacent to an activating group) is 2. The average molecular weight is 203 g/mol. The zero-order valence-electron chi connectivity index (χ0n) is 7.61. The summed E-state index contributed by atoms with van der Waals surface area (Å²) < 4.78 is 4.25. The van der Waals surface area contributed by atoms with Crippen molar-refractivity contribution in [3.63, 3.8) is 0 Å². The van der Waals surface area contributed by atoms with Crippen LogP contribution in [0.15, 0.2) is 0 Å². The molecule has 1 rings (SSSR count). The van der Waals surface area contributed by atoms with Crippen LogP contribution < -0.4 is 5.09 Å². The monoisotopic (exact) mass is 203 g/mol. The molecule has 0 aromatic heterocycles. The normalized spacial score (nSPS) is 38.3. The molecule has 0 bridgehead atoms. The highest BCUT2D eigenvalue weighted by atomic mass is 32.4. The van der Waals surface area contributed by atoms with E-state index < -0.39 is 6.49 Å². The van der Waals surface area contributed by atoms with E-state index in [1.807, 2.05) is 21.1 Å². The second-order valence-corrected chi connectivity index (χ2v) is 7.24. The number of terminal acetylenes is 1. The molecule has 2 atom stereocenters. The summed E-state index contributed by atoms with van der Waals surface area (Å²) in [6.45, 7) is -0.832. The summed E-state index contributed by atoms with van der Waals surface area (Å²) in [5.74, 6) is 2.74. The van der Waals surface area contributed by atoms with Crippen molar-refractivity contribution in [2.45, 2.75) is 6.04 Å². The van der Waals surface area contributed by atoms with Gasteiger partial charge in [-0.3, -0.25) is 9.76 Å². The molecule has 1 aliphatic heterocycles. The Hall–Kier alpha value is 0.0900. The van der Waals surface area contributed by atoms with Gasteiger partial charge in [-0.1, -0.05) is 5.92 Å². The van der Waals surface area contributed by atoms with Crippen LogP contribution in [0.5, 0.6) is 0 Å². The first-order valence-electron chi connectivity index (χ1n) is 3.76. The van der Waals surface area contributed by atoms with Gasteiger partial charge in [0.15, 0.2) is 0 Å². The van der Waals surface area contributed by atoms with Gasteiger partial charge in [0.25, 0.3) is 0 Å². The van der Waals surface area contributed by atoms with Gasteiger partial charge in [0, 0.05) is 6.54 Å². The van der Waals surface area contributed by atoms with Crippen LogP contribution in [0.3, 0.4) is 0 Å². The average Bonchev–Trinajstić information content (AvgIpc) is 2.30. The minimum absolute atomic E-state index is 0.160. The van der Waals surface area contributed by atoms with Crippen LogP contribution in [0.25, 0.3) is 0 Å². The van der Waals surface area contributed by atoms with E-state index in [1.54, 1.807) is 0 Å². The van der Waals surface area contributed by atoms with E-state index in [-0.39, 0.29) is 6.04 Å². The van der Waals surface area contributed by atoms with Crippen LogP contribution in [0.4, 0.5) is 0 Å². The Kier molecular flexibility index (Phi) is 2.92. The molecule has 1 heterocycles. The zero-order chi connectivity index (χ0) is 9.35. The maximum Gasteiger partial charge on any atom is 0.143 e. The van der Waals surface area contributed by atoms with Gasteiger partial charge in [0.05, 0.1) is 6.04 Å². The lowest BCUT2D eigenvalue weighted by Gasteiger charge is -2.29. The Labute approximate surface area is 79.3 Å². The maximum absolute atomic E-state index is 5.51. The van der Waals surface area contributed by atoms with Crippen molar-refractivity contribution in [2.24, 2.45) is 0 Å². The van der Waals surface area contributed by atoms with Crippen molar-refractivity contribution in [2.75, 3.05) is 27.7 Å². The summed E-state index contributed by atoms with van der Waals surface area (Å²) in [7, 11) is 5.91. The second-order valence-electron chi connectivity index (χ2n) is 2.86. The quantitative estimate of drug-likeness (QED) is 0.488. The van der Waals surface area contributed by atoms with Crippen molar-refractivity contribution in [1.29, 1.82) is 0 Å². The van der Waals surface area contributed by atoms with E-state index in [0.717, 1.165) is 6.54 Å². The lowest BCUT2D eigenvalue weighted by atomic mass is 10.3. The van der Waals surface area contributed by atoms with Crippen molar-refractivity contribution in [1.82, 2.24) is 14.4 Å². The van der Waals surface area contributed by atoms with E-state index >= 15 is 0 Å². The molecule has 0 aliphatic carbocycles. The number of hydrogen-bond acceptors (Lipinski definition) is 1. The van der Waals surface area contributed by atoms with Crippen LogP contribution in [0, 0.1) is 12.3 Å². The highest BCUT2D eigenvalue weighted by Crippen LogP contribution is 2.52. The fraction of sp³-hybridized carbons (Fsp3) is 0.714. The van der Waals surface area contributed by atoms with Crippen LogP contribution in [0.1, 0.15) is 0 Å². The highest BCUT2D eigenvalue weighted by Gasteiger charge is 2.38. The van der Waals surface area contributed by atoms with Crippen LogP contribution in [-0.2, 0) is 11.8 Å². The Bertz CT molecular complexity index is 260. The molecule has 1 saturated heterocycles. The largest absolute Gasteiger partial charge is 0.268 e. The second kappa shape index (κ2) is 3.45. The third kappa shape index (κ3) is 1.32. The minimum atomic E-state index is -1.70. The Balaban J connectivity index is 2.93. The molecule has 0 saturated carbocycles. The number of nitrogens with zero attached hydrogens (tertiary/aromatic N) is 2. The van der Waals surface area contributed by atoms with Crippen LogP contribution in [-0.4, -0.2) is 43.1 Å². The summed E-state index contributed by atoms with van der Waals surface area (Å²) in [4.78, 5) is 0. The van der Waals surface area contributed by atoms with E-state index in [9.17, 15) is 0 Å². The topological polar surface area (TPSA) is 18.5 Å². The van der Waals surface area contributed by atoms with Crippen LogP contribution >= 0.6 is 6.49 Å². The highest BCUT2D eigenvalue weighted by molar-refractivity contribution is 8.11. The smallest absolute Gasteiger partial charge is 0.143 e. The number of hydrogen-bond donors (Lipinski definition) is 1. The van der Waals surface area contributed by atoms with E-state index in [2.05, 4.69) is 20.3 Å². The van der Waals surface area contributed by atoms with Gasteiger partial charge >= 0.3 is 0 Å². The first-order valence-corrected chi connectivity index (χ1v) is 6.47. The molecule has 1 N–H and O–H groups in total. The van der Waals surface area contributed by atoms with Gasteiger partial charge in [-0.25, -0.2) is 4.67 Å². The van der Waals surface area contributed by atoms with E-state index in [1.165, 1.54) is 0 Å². The minimum Gasteiger partial charge on any atom is -0.268 e. The summed E-state index contributed by atoms with van der Waals surface area (Å²) >= 11 is 5.51.